The molecule has 0 amide bonds. The van der Waals surface area contributed by atoms with E-state index < -0.39 is 0 Å². The Balaban J connectivity index is 1.99. The standard InChI is InChI=1S/C11H12BrNO2/c12-8-3-1-4-9(7-8)15-11(14)10-5-2-6-13-10/h1,3-4,7,10,13H,2,5-6H2/t10-/m1/s1. The molecule has 1 aromatic rings. The van der Waals surface area contributed by atoms with Crippen molar-refractivity contribution in [1.82, 2.24) is 5.32 Å². The molecule has 1 heterocycles. The number of nitrogens with one attached hydrogen (secondary N) is 1. The molecular formula is C11H12BrNO2. The number of halogens is 1. The zero-order valence-corrected chi connectivity index (χ0v) is 9.79. The van der Waals surface area contributed by atoms with E-state index in [-0.39, 0.29) is 12.0 Å². The van der Waals surface area contributed by atoms with Crippen LogP contribution >= 0.6 is 15.9 Å². The molecule has 80 valence electrons. The molecule has 0 aliphatic carbocycles. The second-order valence-electron chi connectivity index (χ2n) is 3.53. The van der Waals surface area contributed by atoms with E-state index in [1.807, 2.05) is 12.1 Å². The van der Waals surface area contributed by atoms with Crippen LogP contribution in [0, 0.1) is 0 Å². The quantitative estimate of drug-likeness (QED) is 0.660. The molecule has 1 N–H and O–H groups in total. The van der Waals surface area contributed by atoms with Crippen LogP contribution in [0.2, 0.25) is 0 Å². The first kappa shape index (κ1) is 10.6. The fourth-order valence-electron chi connectivity index (χ4n) is 1.60. The minimum absolute atomic E-state index is 0.135. The van der Waals surface area contributed by atoms with E-state index in [1.165, 1.54) is 0 Å². The van der Waals surface area contributed by atoms with E-state index in [9.17, 15) is 4.79 Å². The third-order valence-electron chi connectivity index (χ3n) is 2.36. The monoisotopic (exact) mass is 269 g/mol. The number of hydrogen-bond acceptors (Lipinski definition) is 3. The van der Waals surface area contributed by atoms with Gasteiger partial charge in [0.05, 0.1) is 0 Å². The highest BCUT2D eigenvalue weighted by Gasteiger charge is 2.23. The van der Waals surface area contributed by atoms with Gasteiger partial charge in [0.2, 0.25) is 0 Å². The Labute approximate surface area is 96.9 Å². The topological polar surface area (TPSA) is 38.3 Å². The smallest absolute Gasteiger partial charge is 0.328 e. The summed E-state index contributed by atoms with van der Waals surface area (Å²) in [5.74, 6) is 0.397. The van der Waals surface area contributed by atoms with Crippen molar-refractivity contribution in [2.24, 2.45) is 0 Å². The van der Waals surface area contributed by atoms with Crippen LogP contribution in [-0.4, -0.2) is 18.6 Å². The largest absolute Gasteiger partial charge is 0.425 e. The number of ether oxygens (including phenoxy) is 1. The van der Waals surface area contributed by atoms with E-state index in [0.717, 1.165) is 23.9 Å². The molecule has 1 aliphatic rings. The summed E-state index contributed by atoms with van der Waals surface area (Å²) in [5, 5.41) is 3.10. The molecule has 3 nitrogen and oxygen atoms in total. The van der Waals surface area contributed by atoms with Crippen molar-refractivity contribution >= 4 is 21.9 Å². The van der Waals surface area contributed by atoms with E-state index in [0.29, 0.717) is 5.75 Å². The minimum Gasteiger partial charge on any atom is -0.425 e. The molecule has 1 aromatic carbocycles. The van der Waals surface area contributed by atoms with Gasteiger partial charge >= 0.3 is 5.97 Å². The number of rotatable bonds is 2. The Bertz CT molecular complexity index is 361. The Morgan fingerprint density at radius 3 is 3.07 bits per heavy atom. The van der Waals surface area contributed by atoms with Gasteiger partial charge in [0, 0.05) is 4.47 Å². The van der Waals surface area contributed by atoms with Gasteiger partial charge in [-0.3, -0.25) is 0 Å². The van der Waals surface area contributed by atoms with Crippen LogP contribution in [0.25, 0.3) is 0 Å². The third-order valence-corrected chi connectivity index (χ3v) is 2.85. The van der Waals surface area contributed by atoms with Crippen LogP contribution in [0.1, 0.15) is 12.8 Å². The lowest BCUT2D eigenvalue weighted by molar-refractivity contribution is -0.136. The summed E-state index contributed by atoms with van der Waals surface area (Å²) in [7, 11) is 0. The normalized spacial score (nSPS) is 20.2. The molecule has 0 bridgehead atoms. The van der Waals surface area contributed by atoms with Crippen molar-refractivity contribution < 1.29 is 9.53 Å². The molecular weight excluding hydrogens is 258 g/mol. The molecule has 0 aromatic heterocycles. The van der Waals surface area contributed by atoms with Gasteiger partial charge in [0.1, 0.15) is 11.8 Å². The van der Waals surface area contributed by atoms with Crippen LogP contribution in [0.15, 0.2) is 28.7 Å². The Morgan fingerprint density at radius 1 is 1.53 bits per heavy atom. The summed E-state index contributed by atoms with van der Waals surface area (Å²) in [4.78, 5) is 11.6. The maximum atomic E-state index is 11.6. The molecule has 0 spiro atoms. The summed E-state index contributed by atoms with van der Waals surface area (Å²) in [6, 6.07) is 7.16. The Hall–Kier alpha value is -0.870. The van der Waals surface area contributed by atoms with E-state index >= 15 is 0 Å². The number of benzene rings is 1. The summed E-state index contributed by atoms with van der Waals surface area (Å²) in [5.41, 5.74) is 0. The average Bonchev–Trinajstić information content (AvgIpc) is 2.70. The van der Waals surface area contributed by atoms with Crippen LogP contribution in [-0.2, 0) is 4.79 Å². The van der Waals surface area contributed by atoms with Crippen molar-refractivity contribution in [3.8, 4) is 5.75 Å². The average molecular weight is 270 g/mol. The SMILES string of the molecule is O=C(Oc1cccc(Br)c1)[C@H]1CCCN1. The summed E-state index contributed by atoms with van der Waals surface area (Å²) < 4.78 is 6.16. The van der Waals surface area contributed by atoms with Gasteiger partial charge < -0.3 is 10.1 Å². The molecule has 1 fully saturated rings. The van der Waals surface area contributed by atoms with E-state index in [4.69, 9.17) is 4.74 Å². The van der Waals surface area contributed by atoms with Gasteiger partial charge in [-0.1, -0.05) is 22.0 Å². The molecule has 1 atom stereocenters. The summed E-state index contributed by atoms with van der Waals surface area (Å²) >= 11 is 3.33. The molecule has 0 unspecified atom stereocenters. The van der Waals surface area contributed by atoms with Crippen molar-refractivity contribution in [2.45, 2.75) is 18.9 Å². The van der Waals surface area contributed by atoms with Crippen molar-refractivity contribution in [3.63, 3.8) is 0 Å². The van der Waals surface area contributed by atoms with Crippen LogP contribution in [0.5, 0.6) is 5.75 Å². The van der Waals surface area contributed by atoms with Gasteiger partial charge in [0.15, 0.2) is 0 Å². The zero-order valence-electron chi connectivity index (χ0n) is 8.20. The highest BCUT2D eigenvalue weighted by Crippen LogP contribution is 2.19. The molecule has 1 saturated heterocycles. The van der Waals surface area contributed by atoms with Crippen molar-refractivity contribution in [1.29, 1.82) is 0 Å². The number of hydrogen-bond donors (Lipinski definition) is 1. The molecule has 15 heavy (non-hydrogen) atoms. The fourth-order valence-corrected chi connectivity index (χ4v) is 1.98. The summed E-state index contributed by atoms with van der Waals surface area (Å²) in [6.45, 7) is 0.901. The predicted octanol–water partition coefficient (Wildman–Crippen LogP) is 2.11. The van der Waals surface area contributed by atoms with Crippen molar-refractivity contribution in [3.05, 3.63) is 28.7 Å². The predicted molar refractivity (Wildman–Crippen MR) is 60.8 cm³/mol. The lowest BCUT2D eigenvalue weighted by Crippen LogP contribution is -2.34. The van der Waals surface area contributed by atoms with E-state index in [1.54, 1.807) is 12.1 Å². The Kier molecular flexibility index (Phi) is 3.38. The molecule has 0 radical (unpaired) electrons. The molecule has 1 aliphatic heterocycles. The van der Waals surface area contributed by atoms with Gasteiger partial charge in [-0.2, -0.15) is 0 Å². The molecule has 2 rings (SSSR count). The maximum absolute atomic E-state index is 11.6. The first-order chi connectivity index (χ1) is 7.25. The minimum atomic E-state index is -0.189. The Morgan fingerprint density at radius 2 is 2.40 bits per heavy atom. The second-order valence-corrected chi connectivity index (χ2v) is 4.44. The molecule has 4 heteroatoms. The highest BCUT2D eigenvalue weighted by atomic mass is 79.9. The lowest BCUT2D eigenvalue weighted by atomic mass is 10.2. The van der Waals surface area contributed by atoms with Gasteiger partial charge in [-0.15, -0.1) is 0 Å². The first-order valence-electron chi connectivity index (χ1n) is 4.96. The number of esters is 1. The van der Waals surface area contributed by atoms with Gasteiger partial charge in [-0.05, 0) is 37.6 Å². The lowest BCUT2D eigenvalue weighted by Gasteiger charge is -2.09. The molecule has 0 saturated carbocycles. The van der Waals surface area contributed by atoms with E-state index in [2.05, 4.69) is 21.2 Å². The first-order valence-corrected chi connectivity index (χ1v) is 5.75. The number of carbonyl (C=O) groups excluding carboxylic acids is 1. The number of carbonyl (C=O) groups is 1. The van der Waals surface area contributed by atoms with Crippen molar-refractivity contribution in [2.75, 3.05) is 6.54 Å². The van der Waals surface area contributed by atoms with Gasteiger partial charge in [-0.25, -0.2) is 4.79 Å². The van der Waals surface area contributed by atoms with Crippen LogP contribution < -0.4 is 10.1 Å². The third kappa shape index (κ3) is 2.79. The van der Waals surface area contributed by atoms with Crippen LogP contribution in [0.4, 0.5) is 0 Å². The fraction of sp³-hybridized carbons (Fsp3) is 0.364. The zero-order chi connectivity index (χ0) is 10.7. The second kappa shape index (κ2) is 4.77. The summed E-state index contributed by atoms with van der Waals surface area (Å²) in [6.07, 6.45) is 1.91. The highest BCUT2D eigenvalue weighted by molar-refractivity contribution is 9.10. The van der Waals surface area contributed by atoms with Gasteiger partial charge in [0.25, 0.3) is 0 Å². The van der Waals surface area contributed by atoms with Crippen LogP contribution in [0.3, 0.4) is 0 Å². The maximum Gasteiger partial charge on any atom is 0.328 e.